The number of likely N-dealkylation sites (tertiary alicyclic amines) is 1. The Kier molecular flexibility index (Phi) is 7.39. The van der Waals surface area contributed by atoms with Crippen molar-refractivity contribution >= 4 is 28.9 Å². The van der Waals surface area contributed by atoms with Crippen LogP contribution in [-0.4, -0.2) is 41.5 Å². The van der Waals surface area contributed by atoms with Crippen molar-refractivity contribution in [3.05, 3.63) is 45.4 Å². The van der Waals surface area contributed by atoms with E-state index < -0.39 is 0 Å². The van der Waals surface area contributed by atoms with Crippen LogP contribution in [-0.2, 0) is 27.3 Å². The Morgan fingerprint density at radius 3 is 2.97 bits per heavy atom. The maximum Gasteiger partial charge on any atom is 0.310 e. The van der Waals surface area contributed by atoms with E-state index in [0.29, 0.717) is 19.7 Å². The Labute approximate surface area is 176 Å². The number of anilines is 1. The molecule has 0 saturated carbocycles. The second kappa shape index (κ2) is 9.98. The molecule has 1 atom stereocenters. The average molecular weight is 416 g/mol. The summed E-state index contributed by atoms with van der Waals surface area (Å²) in [6, 6.07) is 6.02. The molecule has 0 unspecified atom stereocenters. The lowest BCUT2D eigenvalue weighted by molar-refractivity contribution is -0.150. The molecule has 1 aliphatic rings. The first-order valence-electron chi connectivity index (χ1n) is 10.1. The van der Waals surface area contributed by atoms with Gasteiger partial charge in [-0.25, -0.2) is 4.98 Å². The van der Waals surface area contributed by atoms with E-state index in [4.69, 9.17) is 4.74 Å². The zero-order valence-electron chi connectivity index (χ0n) is 17.4. The van der Waals surface area contributed by atoms with Gasteiger partial charge in [-0.1, -0.05) is 12.1 Å². The minimum Gasteiger partial charge on any atom is -0.466 e. The number of carbonyl (C=O) groups is 2. The summed E-state index contributed by atoms with van der Waals surface area (Å²) in [4.78, 5) is 31.3. The van der Waals surface area contributed by atoms with E-state index >= 15 is 0 Å². The monoisotopic (exact) mass is 415 g/mol. The second-order valence-corrected chi connectivity index (χ2v) is 8.54. The standard InChI is InChI=1S/C22H29N3O3S/c1-4-28-22(27)17-6-5-9-25(12-17)13-18-14-29-21(23-18)11-20(26)24-19-10-15(2)7-8-16(19)3/h7-8,10,14,17H,4-6,9,11-13H2,1-3H3,(H,24,26)/t17-/m1/s1. The number of carbonyl (C=O) groups excluding carboxylic acids is 2. The lowest BCUT2D eigenvalue weighted by Gasteiger charge is -2.30. The molecule has 29 heavy (non-hydrogen) atoms. The molecule has 0 spiro atoms. The molecule has 0 aliphatic carbocycles. The zero-order valence-corrected chi connectivity index (χ0v) is 18.2. The van der Waals surface area contributed by atoms with Gasteiger partial charge in [0.15, 0.2) is 0 Å². The smallest absolute Gasteiger partial charge is 0.310 e. The molecule has 1 saturated heterocycles. The molecule has 7 heteroatoms. The highest BCUT2D eigenvalue weighted by molar-refractivity contribution is 7.09. The van der Waals surface area contributed by atoms with Crippen LogP contribution in [0.1, 0.15) is 41.6 Å². The summed E-state index contributed by atoms with van der Waals surface area (Å²) in [5, 5.41) is 5.80. The SMILES string of the molecule is CCOC(=O)[C@@H]1CCCN(Cc2csc(CC(=O)Nc3cc(C)ccc3C)n2)C1. The lowest BCUT2D eigenvalue weighted by atomic mass is 9.98. The van der Waals surface area contributed by atoms with Gasteiger partial charge in [-0.3, -0.25) is 14.5 Å². The number of piperidine rings is 1. The van der Waals surface area contributed by atoms with Gasteiger partial charge < -0.3 is 10.1 Å². The maximum absolute atomic E-state index is 12.4. The van der Waals surface area contributed by atoms with E-state index in [9.17, 15) is 9.59 Å². The fourth-order valence-corrected chi connectivity index (χ4v) is 4.37. The largest absolute Gasteiger partial charge is 0.466 e. The summed E-state index contributed by atoms with van der Waals surface area (Å²) < 4.78 is 5.17. The Hall–Kier alpha value is -2.25. The lowest BCUT2D eigenvalue weighted by Crippen LogP contribution is -2.39. The molecule has 1 amide bonds. The van der Waals surface area contributed by atoms with E-state index in [0.717, 1.165) is 46.9 Å². The van der Waals surface area contributed by atoms with E-state index in [-0.39, 0.29) is 24.2 Å². The average Bonchev–Trinajstić information content (AvgIpc) is 3.11. The number of ether oxygens (including phenoxy) is 1. The van der Waals surface area contributed by atoms with E-state index in [1.165, 1.54) is 11.3 Å². The van der Waals surface area contributed by atoms with Gasteiger partial charge >= 0.3 is 5.97 Å². The number of aryl methyl sites for hydroxylation is 2. The van der Waals surface area contributed by atoms with Crippen LogP contribution in [0.5, 0.6) is 0 Å². The number of hydrogen-bond acceptors (Lipinski definition) is 6. The van der Waals surface area contributed by atoms with Gasteiger partial charge in [-0.05, 0) is 57.4 Å². The molecule has 6 nitrogen and oxygen atoms in total. The van der Waals surface area contributed by atoms with Crippen LogP contribution in [0.4, 0.5) is 5.69 Å². The summed E-state index contributed by atoms with van der Waals surface area (Å²) in [6.07, 6.45) is 2.14. The summed E-state index contributed by atoms with van der Waals surface area (Å²) in [7, 11) is 0. The van der Waals surface area contributed by atoms with Crippen molar-refractivity contribution in [1.82, 2.24) is 9.88 Å². The first-order valence-corrected chi connectivity index (χ1v) is 11.0. The van der Waals surface area contributed by atoms with Gasteiger partial charge in [0, 0.05) is 24.2 Å². The molecule has 1 fully saturated rings. The topological polar surface area (TPSA) is 71.5 Å². The van der Waals surface area contributed by atoms with Crippen LogP contribution in [0.3, 0.4) is 0 Å². The summed E-state index contributed by atoms with van der Waals surface area (Å²) in [5.41, 5.74) is 3.97. The fraction of sp³-hybridized carbons (Fsp3) is 0.500. The normalized spacial score (nSPS) is 17.1. The highest BCUT2D eigenvalue weighted by Gasteiger charge is 2.27. The van der Waals surface area contributed by atoms with Gasteiger partial charge in [0.05, 0.1) is 24.6 Å². The molecule has 2 heterocycles. The predicted molar refractivity (Wildman–Crippen MR) is 115 cm³/mol. The maximum atomic E-state index is 12.4. The van der Waals surface area contributed by atoms with Crippen molar-refractivity contribution in [2.75, 3.05) is 25.0 Å². The van der Waals surface area contributed by atoms with Crippen LogP contribution in [0.15, 0.2) is 23.6 Å². The third-order valence-electron chi connectivity index (χ3n) is 5.09. The van der Waals surface area contributed by atoms with Gasteiger partial charge in [0.25, 0.3) is 0 Å². The van der Waals surface area contributed by atoms with Crippen molar-refractivity contribution in [2.45, 2.75) is 46.6 Å². The molecule has 1 aliphatic heterocycles. The Morgan fingerprint density at radius 1 is 1.34 bits per heavy atom. The molecular formula is C22H29N3O3S. The minimum atomic E-state index is -0.0979. The van der Waals surface area contributed by atoms with Crippen molar-refractivity contribution < 1.29 is 14.3 Å². The van der Waals surface area contributed by atoms with Crippen LogP contribution in [0.2, 0.25) is 0 Å². The number of hydrogen-bond donors (Lipinski definition) is 1. The van der Waals surface area contributed by atoms with Crippen LogP contribution in [0.25, 0.3) is 0 Å². The fourth-order valence-electron chi connectivity index (χ4n) is 3.59. The predicted octanol–water partition coefficient (Wildman–Crippen LogP) is 3.72. The Bertz CT molecular complexity index is 865. The van der Waals surface area contributed by atoms with Crippen LogP contribution >= 0.6 is 11.3 Å². The van der Waals surface area contributed by atoms with Gasteiger partial charge in [-0.2, -0.15) is 0 Å². The molecule has 0 bridgehead atoms. The van der Waals surface area contributed by atoms with Crippen molar-refractivity contribution in [2.24, 2.45) is 5.92 Å². The number of esters is 1. The summed E-state index contributed by atoms with van der Waals surface area (Å²) >= 11 is 1.51. The Balaban J connectivity index is 1.53. The highest BCUT2D eigenvalue weighted by atomic mass is 32.1. The molecule has 1 aromatic carbocycles. The van der Waals surface area contributed by atoms with Gasteiger partial charge in [0.2, 0.25) is 5.91 Å². The number of nitrogens with one attached hydrogen (secondary N) is 1. The molecule has 0 radical (unpaired) electrons. The number of benzene rings is 1. The number of amides is 1. The first kappa shape index (κ1) is 21.5. The van der Waals surface area contributed by atoms with Crippen LogP contribution in [0, 0.1) is 19.8 Å². The third-order valence-corrected chi connectivity index (χ3v) is 5.99. The van der Waals surface area contributed by atoms with E-state index in [2.05, 4.69) is 15.2 Å². The second-order valence-electron chi connectivity index (χ2n) is 7.60. The molecular weight excluding hydrogens is 386 g/mol. The van der Waals surface area contributed by atoms with Crippen molar-refractivity contribution in [3.63, 3.8) is 0 Å². The summed E-state index contributed by atoms with van der Waals surface area (Å²) in [6.45, 7) is 8.62. The molecule has 1 aromatic heterocycles. The number of thiazole rings is 1. The highest BCUT2D eigenvalue weighted by Crippen LogP contribution is 2.21. The third kappa shape index (κ3) is 6.11. The number of nitrogens with zero attached hydrogens (tertiary/aromatic N) is 2. The first-order chi connectivity index (χ1) is 13.9. The molecule has 2 aromatic rings. The Morgan fingerprint density at radius 2 is 2.17 bits per heavy atom. The van der Waals surface area contributed by atoms with Crippen molar-refractivity contribution in [1.29, 1.82) is 0 Å². The van der Waals surface area contributed by atoms with Gasteiger partial charge in [-0.15, -0.1) is 11.3 Å². The van der Waals surface area contributed by atoms with E-state index in [1.54, 1.807) is 0 Å². The molecule has 156 valence electrons. The number of rotatable bonds is 7. The van der Waals surface area contributed by atoms with Crippen LogP contribution < -0.4 is 5.32 Å². The quantitative estimate of drug-likeness (QED) is 0.698. The van der Waals surface area contributed by atoms with E-state index in [1.807, 2.05) is 44.4 Å². The molecule has 3 rings (SSSR count). The van der Waals surface area contributed by atoms with Crippen molar-refractivity contribution in [3.8, 4) is 0 Å². The number of aromatic nitrogens is 1. The summed E-state index contributed by atoms with van der Waals surface area (Å²) in [5.74, 6) is -0.204. The molecule has 1 N–H and O–H groups in total. The zero-order chi connectivity index (χ0) is 20.8. The minimum absolute atomic E-state index is 0.0508. The van der Waals surface area contributed by atoms with Gasteiger partial charge in [0.1, 0.15) is 5.01 Å².